The smallest absolute Gasteiger partial charge is 0.310 e. The molecule has 34 heavy (non-hydrogen) atoms. The zero-order chi connectivity index (χ0) is 24.9. The van der Waals surface area contributed by atoms with Crippen LogP contribution in [0.4, 0.5) is 0 Å². The van der Waals surface area contributed by atoms with Gasteiger partial charge in [0.15, 0.2) is 0 Å². The van der Waals surface area contributed by atoms with Crippen LogP contribution >= 0.6 is 0 Å². The summed E-state index contributed by atoms with van der Waals surface area (Å²) in [5.74, 6) is 1.36. The van der Waals surface area contributed by atoms with Crippen LogP contribution in [0, 0.1) is 56.2 Å². The molecule has 5 aliphatic carbocycles. The number of carbonyl (C=O) groups is 1. The highest BCUT2D eigenvalue weighted by atomic mass is 16.4. The van der Waals surface area contributed by atoms with Gasteiger partial charge in [-0.15, -0.1) is 0 Å². The Labute approximate surface area is 208 Å². The molecule has 0 aromatic rings. The minimum atomic E-state index is -0.549. The van der Waals surface area contributed by atoms with Gasteiger partial charge < -0.3 is 10.2 Å². The molecular weight excluding hydrogens is 420 g/mol. The highest BCUT2D eigenvalue weighted by molar-refractivity contribution is 5.76. The van der Waals surface area contributed by atoms with Crippen molar-refractivity contribution in [3.63, 3.8) is 0 Å². The molecule has 4 saturated carbocycles. The van der Waals surface area contributed by atoms with Crippen LogP contribution in [0.5, 0.6) is 0 Å². The van der Waals surface area contributed by atoms with Crippen molar-refractivity contribution < 1.29 is 15.0 Å². The first-order valence-electron chi connectivity index (χ1n) is 14.2. The summed E-state index contributed by atoms with van der Waals surface area (Å²) in [5.41, 5.74) is 1.98. The molecule has 0 aromatic carbocycles. The van der Waals surface area contributed by atoms with Gasteiger partial charge in [-0.25, -0.2) is 0 Å². The summed E-state index contributed by atoms with van der Waals surface area (Å²) in [6, 6.07) is 0. The van der Waals surface area contributed by atoms with Crippen LogP contribution < -0.4 is 0 Å². The van der Waals surface area contributed by atoms with Crippen molar-refractivity contribution in [2.45, 2.75) is 113 Å². The Hall–Kier alpha value is -0.830. The lowest BCUT2D eigenvalue weighted by Crippen LogP contribution is -2.64. The zero-order valence-electron chi connectivity index (χ0n) is 23.0. The molecule has 0 spiro atoms. The molecule has 0 heterocycles. The lowest BCUT2D eigenvalue weighted by molar-refractivity contribution is -0.199. The van der Waals surface area contributed by atoms with Gasteiger partial charge in [0, 0.05) is 6.61 Å². The first-order valence-corrected chi connectivity index (χ1v) is 14.2. The van der Waals surface area contributed by atoms with Gasteiger partial charge >= 0.3 is 5.97 Å². The fourth-order valence-corrected chi connectivity index (χ4v) is 11.0. The third kappa shape index (κ3) is 2.94. The molecule has 0 radical (unpaired) electrons. The maximum Gasteiger partial charge on any atom is 0.310 e. The summed E-state index contributed by atoms with van der Waals surface area (Å²) in [7, 11) is 0. The SMILES string of the molecule is CC1(C)CC[C@]2(C(=O)O)CC[C@]3(C)C(=CC[C@@H]4[C@@]5(C)CC[C@H](CO)C(C)(C)[C@@H]5CC[C@]43C)[C@@H]2C1. The van der Waals surface area contributed by atoms with E-state index in [1.165, 1.54) is 24.8 Å². The van der Waals surface area contributed by atoms with E-state index in [1.54, 1.807) is 0 Å². The highest BCUT2D eigenvalue weighted by Crippen LogP contribution is 2.76. The summed E-state index contributed by atoms with van der Waals surface area (Å²) < 4.78 is 0. The summed E-state index contributed by atoms with van der Waals surface area (Å²) in [6.45, 7) is 17.6. The van der Waals surface area contributed by atoms with Gasteiger partial charge in [-0.05, 0) is 115 Å². The molecule has 0 unspecified atom stereocenters. The summed E-state index contributed by atoms with van der Waals surface area (Å²) in [5, 5.41) is 20.7. The summed E-state index contributed by atoms with van der Waals surface area (Å²) in [4.78, 5) is 12.8. The number of carboxylic acid groups (broad SMARTS) is 1. The molecule has 5 rings (SSSR count). The summed E-state index contributed by atoms with van der Waals surface area (Å²) in [6.07, 6.45) is 13.3. The molecule has 3 heteroatoms. The maximum absolute atomic E-state index is 12.8. The second-order valence-corrected chi connectivity index (χ2v) is 15.4. The minimum Gasteiger partial charge on any atom is -0.481 e. The number of aliphatic hydroxyl groups excluding tert-OH is 1. The molecule has 0 aromatic heterocycles. The fourth-order valence-electron chi connectivity index (χ4n) is 11.0. The number of carboxylic acids is 1. The zero-order valence-corrected chi connectivity index (χ0v) is 23.0. The maximum atomic E-state index is 12.8. The van der Waals surface area contributed by atoms with Gasteiger partial charge in [0.05, 0.1) is 5.41 Å². The standard InChI is InChI=1S/C31H50O3/c1-26(2)14-16-31(25(33)34)17-15-29(6)21(22(31)18-26)8-9-24-28(5)12-10-20(19-32)27(3,4)23(28)11-13-30(24,29)7/h8,20,22-24,32H,9-19H2,1-7H3,(H,33,34)/t20-,22+,23+,24-,28+,29-,30-,31+/m1/s1. The van der Waals surface area contributed by atoms with Crippen molar-refractivity contribution in [1.82, 2.24) is 0 Å². The van der Waals surface area contributed by atoms with Crippen LogP contribution in [-0.4, -0.2) is 22.8 Å². The Morgan fingerprint density at radius 3 is 2.24 bits per heavy atom. The number of hydrogen-bond acceptors (Lipinski definition) is 2. The van der Waals surface area contributed by atoms with Crippen molar-refractivity contribution in [2.24, 2.45) is 56.2 Å². The third-order valence-electron chi connectivity index (χ3n) is 13.5. The predicted molar refractivity (Wildman–Crippen MR) is 137 cm³/mol. The topological polar surface area (TPSA) is 57.5 Å². The van der Waals surface area contributed by atoms with E-state index in [2.05, 4.69) is 54.5 Å². The molecule has 0 saturated heterocycles. The average Bonchev–Trinajstić information content (AvgIpc) is 2.73. The number of aliphatic carboxylic acids is 1. The predicted octanol–water partition coefficient (Wildman–Crippen LogP) is 7.48. The fraction of sp³-hybridized carbons (Fsp3) is 0.903. The molecule has 192 valence electrons. The molecule has 3 nitrogen and oxygen atoms in total. The van der Waals surface area contributed by atoms with Crippen molar-refractivity contribution in [1.29, 1.82) is 0 Å². The molecule has 5 aliphatic rings. The second kappa shape index (κ2) is 7.36. The Morgan fingerprint density at radius 1 is 0.912 bits per heavy atom. The quantitative estimate of drug-likeness (QED) is 0.411. The van der Waals surface area contributed by atoms with E-state index in [1.807, 2.05) is 0 Å². The number of rotatable bonds is 2. The molecular formula is C31H50O3. The number of allylic oxidation sites excluding steroid dienone is 2. The van der Waals surface area contributed by atoms with Gasteiger partial charge in [0.2, 0.25) is 0 Å². The van der Waals surface area contributed by atoms with Gasteiger partial charge in [0.25, 0.3) is 0 Å². The van der Waals surface area contributed by atoms with Gasteiger partial charge in [-0.1, -0.05) is 60.1 Å². The highest BCUT2D eigenvalue weighted by Gasteiger charge is 2.69. The van der Waals surface area contributed by atoms with Gasteiger partial charge in [-0.3, -0.25) is 4.79 Å². The van der Waals surface area contributed by atoms with E-state index >= 15 is 0 Å². The molecule has 8 atom stereocenters. The lowest BCUT2D eigenvalue weighted by atomic mass is 9.33. The van der Waals surface area contributed by atoms with Crippen LogP contribution in [0.3, 0.4) is 0 Å². The lowest BCUT2D eigenvalue weighted by Gasteiger charge is -2.71. The number of fused-ring (bicyclic) bond motifs is 7. The van der Waals surface area contributed by atoms with Crippen LogP contribution in [0.1, 0.15) is 113 Å². The minimum absolute atomic E-state index is 0.0961. The first-order chi connectivity index (χ1) is 15.7. The molecule has 0 aliphatic heterocycles. The van der Waals surface area contributed by atoms with E-state index in [-0.39, 0.29) is 27.6 Å². The molecule has 2 N–H and O–H groups in total. The monoisotopic (exact) mass is 470 g/mol. The van der Waals surface area contributed by atoms with Crippen molar-refractivity contribution in [3.05, 3.63) is 11.6 Å². The van der Waals surface area contributed by atoms with Gasteiger partial charge in [0.1, 0.15) is 0 Å². The van der Waals surface area contributed by atoms with Crippen LogP contribution in [0.25, 0.3) is 0 Å². The Morgan fingerprint density at radius 2 is 1.59 bits per heavy atom. The second-order valence-electron chi connectivity index (χ2n) is 15.4. The van der Waals surface area contributed by atoms with Crippen LogP contribution in [-0.2, 0) is 4.79 Å². The van der Waals surface area contributed by atoms with Crippen molar-refractivity contribution >= 4 is 5.97 Å². The normalized spacial score (nSPS) is 51.2. The van der Waals surface area contributed by atoms with Crippen molar-refractivity contribution in [2.75, 3.05) is 6.61 Å². The van der Waals surface area contributed by atoms with Crippen LogP contribution in [0.15, 0.2) is 11.6 Å². The number of hydrogen-bond donors (Lipinski definition) is 2. The van der Waals surface area contributed by atoms with E-state index in [9.17, 15) is 15.0 Å². The molecule has 4 fully saturated rings. The largest absolute Gasteiger partial charge is 0.481 e. The van der Waals surface area contributed by atoms with E-state index in [0.717, 1.165) is 44.9 Å². The Bertz CT molecular complexity index is 900. The van der Waals surface area contributed by atoms with E-state index in [0.29, 0.717) is 29.8 Å². The van der Waals surface area contributed by atoms with Gasteiger partial charge in [-0.2, -0.15) is 0 Å². The Kier molecular flexibility index (Phi) is 5.38. The molecule has 0 bridgehead atoms. The van der Waals surface area contributed by atoms with Crippen molar-refractivity contribution in [3.8, 4) is 0 Å². The number of aliphatic hydroxyl groups is 1. The van der Waals surface area contributed by atoms with E-state index < -0.39 is 11.4 Å². The first kappa shape index (κ1) is 24.8. The average molecular weight is 471 g/mol. The Balaban J connectivity index is 1.58. The van der Waals surface area contributed by atoms with E-state index in [4.69, 9.17) is 0 Å². The summed E-state index contributed by atoms with van der Waals surface area (Å²) >= 11 is 0. The third-order valence-corrected chi connectivity index (χ3v) is 13.5. The molecule has 0 amide bonds. The van der Waals surface area contributed by atoms with Crippen LogP contribution in [0.2, 0.25) is 0 Å².